The molecule has 0 aromatic carbocycles. The summed E-state index contributed by atoms with van der Waals surface area (Å²) < 4.78 is 0. The van der Waals surface area contributed by atoms with E-state index in [-0.39, 0.29) is 5.41 Å². The molecule has 0 aliphatic heterocycles. The van der Waals surface area contributed by atoms with E-state index in [2.05, 4.69) is 46.4 Å². The highest BCUT2D eigenvalue weighted by molar-refractivity contribution is 5.52. The fourth-order valence-corrected chi connectivity index (χ4v) is 1.10. The second-order valence-electron chi connectivity index (χ2n) is 4.20. The van der Waals surface area contributed by atoms with Gasteiger partial charge in [0.15, 0.2) is 0 Å². The lowest BCUT2D eigenvalue weighted by Crippen LogP contribution is -2.05. The third-order valence-electron chi connectivity index (χ3n) is 2.07. The first-order valence-corrected chi connectivity index (χ1v) is 4.01. The van der Waals surface area contributed by atoms with Gasteiger partial charge in [-0.2, -0.15) is 0 Å². The lowest BCUT2D eigenvalue weighted by molar-refractivity contribution is 0.518. The molecule has 0 N–H and O–H groups in total. The zero-order valence-corrected chi connectivity index (χ0v) is 7.86. The Labute approximate surface area is 69.3 Å². The highest BCUT2D eigenvalue weighted by atomic mass is 14.2. The monoisotopic (exact) mass is 148 g/mol. The summed E-state index contributed by atoms with van der Waals surface area (Å²) in [6.07, 6.45) is 4.40. The van der Waals surface area contributed by atoms with E-state index in [1.54, 1.807) is 0 Å². The molecular formula is C11H16. The standard InChI is InChI=1S/C11H16/c1-8-6-10(7-9(8)2)11(3,4)5/h6-7H,1H2,2-5H3. The largest absolute Gasteiger partial charge is 0.0915 e. The predicted octanol–water partition coefficient (Wildman–Crippen LogP) is 3.48. The molecule has 0 radical (unpaired) electrons. The molecule has 0 saturated heterocycles. The van der Waals surface area contributed by atoms with E-state index in [4.69, 9.17) is 0 Å². The molecule has 11 heavy (non-hydrogen) atoms. The van der Waals surface area contributed by atoms with E-state index >= 15 is 0 Å². The van der Waals surface area contributed by atoms with Crippen LogP contribution >= 0.6 is 0 Å². The summed E-state index contributed by atoms with van der Waals surface area (Å²) in [5.41, 5.74) is 4.12. The zero-order chi connectivity index (χ0) is 8.65. The minimum atomic E-state index is 0.265. The number of hydrogen-bond acceptors (Lipinski definition) is 0. The summed E-state index contributed by atoms with van der Waals surface area (Å²) in [5, 5.41) is 0. The third kappa shape index (κ3) is 1.62. The summed E-state index contributed by atoms with van der Waals surface area (Å²) in [6, 6.07) is 0. The van der Waals surface area contributed by atoms with Crippen molar-refractivity contribution in [1.82, 2.24) is 0 Å². The fourth-order valence-electron chi connectivity index (χ4n) is 1.10. The molecule has 0 heterocycles. The Kier molecular flexibility index (Phi) is 1.79. The van der Waals surface area contributed by atoms with Crippen LogP contribution in [0.1, 0.15) is 27.7 Å². The topological polar surface area (TPSA) is 0 Å². The second-order valence-corrected chi connectivity index (χ2v) is 4.20. The van der Waals surface area contributed by atoms with Gasteiger partial charge in [-0.05, 0) is 29.1 Å². The molecule has 0 aromatic heterocycles. The first kappa shape index (κ1) is 8.32. The summed E-state index contributed by atoms with van der Waals surface area (Å²) in [6.45, 7) is 12.7. The second kappa shape index (κ2) is 2.37. The van der Waals surface area contributed by atoms with Gasteiger partial charge in [0.2, 0.25) is 0 Å². The predicted molar refractivity (Wildman–Crippen MR) is 50.4 cm³/mol. The van der Waals surface area contributed by atoms with E-state index in [0.29, 0.717) is 0 Å². The maximum Gasteiger partial charge on any atom is -0.0132 e. The summed E-state index contributed by atoms with van der Waals surface area (Å²) in [4.78, 5) is 0. The van der Waals surface area contributed by atoms with Gasteiger partial charge in [-0.25, -0.2) is 0 Å². The molecular weight excluding hydrogens is 132 g/mol. The lowest BCUT2D eigenvalue weighted by Gasteiger charge is -2.17. The SMILES string of the molecule is C=C1C=C(C(C)(C)C)C=C1C. The van der Waals surface area contributed by atoms with Gasteiger partial charge in [-0.1, -0.05) is 39.5 Å². The van der Waals surface area contributed by atoms with Gasteiger partial charge in [-0.3, -0.25) is 0 Å². The normalized spacial score (nSPS) is 18.4. The van der Waals surface area contributed by atoms with E-state index < -0.39 is 0 Å². The molecule has 0 spiro atoms. The van der Waals surface area contributed by atoms with Crippen molar-refractivity contribution in [3.63, 3.8) is 0 Å². The van der Waals surface area contributed by atoms with Crippen molar-refractivity contribution in [3.8, 4) is 0 Å². The van der Waals surface area contributed by atoms with Crippen molar-refractivity contribution >= 4 is 0 Å². The van der Waals surface area contributed by atoms with Crippen molar-refractivity contribution in [1.29, 1.82) is 0 Å². The van der Waals surface area contributed by atoms with Gasteiger partial charge in [0.25, 0.3) is 0 Å². The first-order valence-electron chi connectivity index (χ1n) is 4.01. The Balaban J connectivity index is 2.96. The highest BCUT2D eigenvalue weighted by Gasteiger charge is 2.18. The van der Waals surface area contributed by atoms with E-state index in [1.165, 1.54) is 11.1 Å². The molecule has 0 fully saturated rings. The van der Waals surface area contributed by atoms with Crippen LogP contribution in [0.15, 0.2) is 35.5 Å². The number of hydrogen-bond donors (Lipinski definition) is 0. The molecule has 1 rings (SSSR count). The lowest BCUT2D eigenvalue weighted by atomic mass is 9.87. The molecule has 0 heteroatoms. The first-order chi connectivity index (χ1) is 4.91. The fraction of sp³-hybridized carbons (Fsp3) is 0.455. The Hall–Kier alpha value is -0.780. The molecule has 0 aromatic rings. The molecule has 1 aliphatic rings. The smallest absolute Gasteiger partial charge is 0.0132 e. The highest BCUT2D eigenvalue weighted by Crippen LogP contribution is 2.33. The average molecular weight is 148 g/mol. The molecule has 1 aliphatic carbocycles. The van der Waals surface area contributed by atoms with Gasteiger partial charge < -0.3 is 0 Å². The third-order valence-corrected chi connectivity index (χ3v) is 2.07. The molecule has 0 bridgehead atoms. The van der Waals surface area contributed by atoms with Crippen molar-refractivity contribution < 1.29 is 0 Å². The van der Waals surface area contributed by atoms with Crippen molar-refractivity contribution in [2.24, 2.45) is 5.41 Å². The van der Waals surface area contributed by atoms with Gasteiger partial charge in [0, 0.05) is 0 Å². The molecule has 0 nitrogen and oxygen atoms in total. The van der Waals surface area contributed by atoms with Crippen molar-refractivity contribution in [2.75, 3.05) is 0 Å². The molecule has 0 saturated carbocycles. The van der Waals surface area contributed by atoms with Gasteiger partial charge in [0.05, 0.1) is 0 Å². The molecule has 0 amide bonds. The minimum absolute atomic E-state index is 0.265. The van der Waals surface area contributed by atoms with Gasteiger partial charge in [-0.15, -0.1) is 0 Å². The Morgan fingerprint density at radius 1 is 1.18 bits per heavy atom. The van der Waals surface area contributed by atoms with Crippen LogP contribution in [0, 0.1) is 5.41 Å². The Bertz CT molecular complexity index is 244. The quantitative estimate of drug-likeness (QED) is 0.493. The molecule has 0 unspecified atom stereocenters. The van der Waals surface area contributed by atoms with E-state index in [1.807, 2.05) is 0 Å². The van der Waals surface area contributed by atoms with E-state index in [9.17, 15) is 0 Å². The molecule has 0 atom stereocenters. The van der Waals surface area contributed by atoms with Gasteiger partial charge in [0.1, 0.15) is 0 Å². The average Bonchev–Trinajstić information content (AvgIpc) is 2.11. The van der Waals surface area contributed by atoms with E-state index in [0.717, 1.165) is 5.57 Å². The van der Waals surface area contributed by atoms with Crippen LogP contribution in [0.2, 0.25) is 0 Å². The summed E-state index contributed by atoms with van der Waals surface area (Å²) >= 11 is 0. The van der Waals surface area contributed by atoms with Crippen LogP contribution in [0.5, 0.6) is 0 Å². The maximum atomic E-state index is 3.95. The minimum Gasteiger partial charge on any atom is -0.0915 e. The van der Waals surface area contributed by atoms with Crippen LogP contribution in [-0.2, 0) is 0 Å². The Morgan fingerprint density at radius 3 is 1.91 bits per heavy atom. The number of rotatable bonds is 0. The van der Waals surface area contributed by atoms with Gasteiger partial charge >= 0.3 is 0 Å². The summed E-state index contributed by atoms with van der Waals surface area (Å²) in [5.74, 6) is 0. The maximum absolute atomic E-state index is 3.95. The number of allylic oxidation sites excluding steroid dienone is 5. The van der Waals surface area contributed by atoms with Crippen LogP contribution < -0.4 is 0 Å². The zero-order valence-electron chi connectivity index (χ0n) is 7.86. The summed E-state index contributed by atoms with van der Waals surface area (Å²) in [7, 11) is 0. The van der Waals surface area contributed by atoms with Crippen LogP contribution in [-0.4, -0.2) is 0 Å². The van der Waals surface area contributed by atoms with Crippen molar-refractivity contribution in [3.05, 3.63) is 35.5 Å². The van der Waals surface area contributed by atoms with Crippen LogP contribution in [0.4, 0.5) is 0 Å². The Morgan fingerprint density at radius 2 is 1.73 bits per heavy atom. The van der Waals surface area contributed by atoms with Crippen molar-refractivity contribution in [2.45, 2.75) is 27.7 Å². The van der Waals surface area contributed by atoms with Crippen LogP contribution in [0.25, 0.3) is 0 Å². The van der Waals surface area contributed by atoms with Crippen LogP contribution in [0.3, 0.4) is 0 Å². The molecule has 60 valence electrons.